The van der Waals surface area contributed by atoms with Crippen LogP contribution in [0.3, 0.4) is 0 Å². The molecule has 120 valence electrons. The first-order valence-electron chi connectivity index (χ1n) is 8.09. The molecule has 2 heteroatoms. The van der Waals surface area contributed by atoms with Crippen LogP contribution in [-0.4, -0.2) is 5.11 Å². The zero-order valence-electron chi connectivity index (χ0n) is 13.5. The Balaban J connectivity index is 1.84. The second-order valence-corrected chi connectivity index (χ2v) is 5.73. The fourth-order valence-electron chi connectivity index (χ4n) is 2.77. The number of para-hydroxylation sites is 2. The Morgan fingerprint density at radius 3 is 2.12 bits per heavy atom. The van der Waals surface area contributed by atoms with Crippen LogP contribution in [0.1, 0.15) is 18.0 Å². The fraction of sp³-hybridized carbons (Fsp3) is 0.0909. The molecule has 3 rings (SSSR count). The van der Waals surface area contributed by atoms with Gasteiger partial charge in [-0.15, -0.1) is 6.58 Å². The van der Waals surface area contributed by atoms with E-state index in [0.717, 1.165) is 17.7 Å². The van der Waals surface area contributed by atoms with Gasteiger partial charge < -0.3 is 10.4 Å². The van der Waals surface area contributed by atoms with Crippen LogP contribution in [-0.2, 0) is 0 Å². The van der Waals surface area contributed by atoms with Gasteiger partial charge in [0.1, 0.15) is 5.75 Å². The minimum absolute atomic E-state index is 0.0700. The van der Waals surface area contributed by atoms with Crippen molar-refractivity contribution in [2.45, 2.75) is 12.5 Å². The molecule has 0 aliphatic carbocycles. The van der Waals surface area contributed by atoms with E-state index in [-0.39, 0.29) is 11.8 Å². The molecule has 2 nitrogen and oxygen atoms in total. The van der Waals surface area contributed by atoms with Crippen molar-refractivity contribution < 1.29 is 5.11 Å². The van der Waals surface area contributed by atoms with E-state index in [1.807, 2.05) is 42.5 Å². The van der Waals surface area contributed by atoms with Gasteiger partial charge in [0.2, 0.25) is 0 Å². The Morgan fingerprint density at radius 1 is 0.833 bits per heavy atom. The minimum Gasteiger partial charge on any atom is -0.506 e. The Labute approximate surface area is 143 Å². The topological polar surface area (TPSA) is 32.3 Å². The third-order valence-corrected chi connectivity index (χ3v) is 4.06. The van der Waals surface area contributed by atoms with Crippen molar-refractivity contribution in [2.75, 3.05) is 5.32 Å². The second-order valence-electron chi connectivity index (χ2n) is 5.73. The third-order valence-electron chi connectivity index (χ3n) is 4.06. The number of aromatic hydroxyl groups is 1. The summed E-state index contributed by atoms with van der Waals surface area (Å²) in [6, 6.07) is 26.2. The first-order valence-corrected chi connectivity index (χ1v) is 8.09. The minimum atomic E-state index is 0.0700. The Bertz CT molecular complexity index is 794. The van der Waals surface area contributed by atoms with Crippen molar-refractivity contribution in [2.24, 2.45) is 0 Å². The van der Waals surface area contributed by atoms with Crippen molar-refractivity contribution in [3.63, 3.8) is 0 Å². The molecule has 0 saturated heterocycles. The van der Waals surface area contributed by atoms with Crippen LogP contribution in [0.15, 0.2) is 91.5 Å². The van der Waals surface area contributed by atoms with E-state index in [0.29, 0.717) is 0 Å². The van der Waals surface area contributed by atoms with E-state index in [2.05, 4.69) is 48.3 Å². The Kier molecular flexibility index (Phi) is 4.97. The number of phenolic OH excluding ortho intramolecular Hbond substituents is 1. The van der Waals surface area contributed by atoms with Gasteiger partial charge in [0.05, 0.1) is 11.7 Å². The SMILES string of the molecule is C=CCC(Nc1ccccc1O)c1ccc(-c2ccccc2)cc1. The normalized spacial score (nSPS) is 11.7. The second kappa shape index (κ2) is 7.51. The molecule has 1 atom stereocenters. The van der Waals surface area contributed by atoms with Gasteiger partial charge in [-0.2, -0.15) is 0 Å². The molecule has 0 fully saturated rings. The predicted molar refractivity (Wildman–Crippen MR) is 101 cm³/mol. The molecule has 0 heterocycles. The van der Waals surface area contributed by atoms with Crippen molar-refractivity contribution >= 4 is 5.69 Å². The van der Waals surface area contributed by atoms with Crippen LogP contribution in [0, 0.1) is 0 Å². The molecule has 2 N–H and O–H groups in total. The van der Waals surface area contributed by atoms with Crippen molar-refractivity contribution in [3.8, 4) is 16.9 Å². The van der Waals surface area contributed by atoms with E-state index >= 15 is 0 Å². The summed E-state index contributed by atoms with van der Waals surface area (Å²) in [5, 5.41) is 13.4. The van der Waals surface area contributed by atoms with E-state index in [1.165, 1.54) is 11.1 Å². The molecule has 0 aromatic heterocycles. The average molecular weight is 315 g/mol. The molecule has 0 amide bonds. The zero-order valence-corrected chi connectivity index (χ0v) is 13.5. The third kappa shape index (κ3) is 3.66. The lowest BCUT2D eigenvalue weighted by atomic mass is 9.99. The first-order chi connectivity index (χ1) is 11.8. The quantitative estimate of drug-likeness (QED) is 0.446. The number of rotatable bonds is 6. The fourth-order valence-corrected chi connectivity index (χ4v) is 2.77. The van der Waals surface area contributed by atoms with E-state index in [9.17, 15) is 5.11 Å². The van der Waals surface area contributed by atoms with Crippen LogP contribution < -0.4 is 5.32 Å². The molecule has 24 heavy (non-hydrogen) atoms. The molecule has 1 unspecified atom stereocenters. The number of anilines is 1. The molecule has 3 aromatic rings. The van der Waals surface area contributed by atoms with Crippen LogP contribution in [0.25, 0.3) is 11.1 Å². The molecule has 0 spiro atoms. The molecule has 0 aliphatic heterocycles. The lowest BCUT2D eigenvalue weighted by molar-refractivity contribution is 0.476. The molecule has 0 aliphatic rings. The lowest BCUT2D eigenvalue weighted by Gasteiger charge is -2.20. The Morgan fingerprint density at radius 2 is 1.46 bits per heavy atom. The molecule has 3 aromatic carbocycles. The molecule has 0 saturated carbocycles. The first kappa shape index (κ1) is 15.9. The standard InChI is InChI=1S/C22H21NO/c1-2-8-20(23-21-11-6-7-12-22(21)24)19-15-13-18(14-16-19)17-9-4-3-5-10-17/h2-7,9-16,20,23-24H,1,8H2. The molecule has 0 radical (unpaired) electrons. The highest BCUT2D eigenvalue weighted by Crippen LogP contribution is 2.30. The van der Waals surface area contributed by atoms with Gasteiger partial charge >= 0.3 is 0 Å². The van der Waals surface area contributed by atoms with E-state index in [1.54, 1.807) is 6.07 Å². The van der Waals surface area contributed by atoms with Crippen LogP contribution in [0.5, 0.6) is 5.75 Å². The van der Waals surface area contributed by atoms with Gasteiger partial charge in [0.15, 0.2) is 0 Å². The van der Waals surface area contributed by atoms with Gasteiger partial charge in [-0.05, 0) is 35.2 Å². The smallest absolute Gasteiger partial charge is 0.138 e. The lowest BCUT2D eigenvalue weighted by Crippen LogP contribution is -2.10. The largest absolute Gasteiger partial charge is 0.506 e. The summed E-state index contributed by atoms with van der Waals surface area (Å²) in [6.07, 6.45) is 2.67. The van der Waals surface area contributed by atoms with Crippen LogP contribution in [0.2, 0.25) is 0 Å². The maximum absolute atomic E-state index is 9.98. The molecular weight excluding hydrogens is 294 g/mol. The van der Waals surface area contributed by atoms with Gasteiger partial charge in [0.25, 0.3) is 0 Å². The van der Waals surface area contributed by atoms with Crippen molar-refractivity contribution in [1.82, 2.24) is 0 Å². The highest BCUT2D eigenvalue weighted by atomic mass is 16.3. The van der Waals surface area contributed by atoms with Crippen molar-refractivity contribution in [1.29, 1.82) is 0 Å². The maximum atomic E-state index is 9.98. The predicted octanol–water partition coefficient (Wildman–Crippen LogP) is 5.79. The summed E-state index contributed by atoms with van der Waals surface area (Å²) >= 11 is 0. The summed E-state index contributed by atoms with van der Waals surface area (Å²) in [5.41, 5.74) is 4.30. The van der Waals surface area contributed by atoms with E-state index < -0.39 is 0 Å². The average Bonchev–Trinajstić information content (AvgIpc) is 2.64. The summed E-state index contributed by atoms with van der Waals surface area (Å²) in [7, 11) is 0. The summed E-state index contributed by atoms with van der Waals surface area (Å²) in [6.45, 7) is 3.85. The highest BCUT2D eigenvalue weighted by Gasteiger charge is 2.12. The zero-order chi connectivity index (χ0) is 16.8. The number of benzene rings is 3. The number of nitrogens with one attached hydrogen (secondary N) is 1. The van der Waals surface area contributed by atoms with Gasteiger partial charge in [0, 0.05) is 0 Å². The monoisotopic (exact) mass is 315 g/mol. The highest BCUT2D eigenvalue weighted by molar-refractivity contribution is 5.64. The maximum Gasteiger partial charge on any atom is 0.138 e. The number of hydrogen-bond donors (Lipinski definition) is 2. The number of hydrogen-bond acceptors (Lipinski definition) is 2. The van der Waals surface area contributed by atoms with Gasteiger partial charge in [-0.25, -0.2) is 0 Å². The number of phenols is 1. The molecular formula is C22H21NO. The van der Waals surface area contributed by atoms with E-state index in [4.69, 9.17) is 0 Å². The Hall–Kier alpha value is -3.00. The summed E-state index contributed by atoms with van der Waals surface area (Å²) in [5.74, 6) is 0.257. The van der Waals surface area contributed by atoms with Crippen molar-refractivity contribution in [3.05, 3.63) is 97.1 Å². The van der Waals surface area contributed by atoms with Gasteiger partial charge in [-0.3, -0.25) is 0 Å². The molecule has 0 bridgehead atoms. The summed E-state index contributed by atoms with van der Waals surface area (Å²) in [4.78, 5) is 0. The van der Waals surface area contributed by atoms with Gasteiger partial charge in [-0.1, -0.05) is 72.8 Å². The summed E-state index contributed by atoms with van der Waals surface area (Å²) < 4.78 is 0. The van der Waals surface area contributed by atoms with Crippen LogP contribution in [0.4, 0.5) is 5.69 Å². The van der Waals surface area contributed by atoms with Crippen LogP contribution >= 0.6 is 0 Å².